The van der Waals surface area contributed by atoms with E-state index in [-0.39, 0.29) is 6.04 Å². The maximum atomic E-state index is 10.8. The molecule has 1 aliphatic carbocycles. The summed E-state index contributed by atoms with van der Waals surface area (Å²) in [6, 6.07) is -0.0684. The van der Waals surface area contributed by atoms with E-state index in [1.54, 1.807) is 5.38 Å². The van der Waals surface area contributed by atoms with Crippen LogP contribution in [0, 0.1) is 0 Å². The third-order valence-electron chi connectivity index (χ3n) is 2.43. The maximum absolute atomic E-state index is 10.8. The topological polar surface area (TPSA) is 63.3 Å². The molecule has 0 aromatic carbocycles. The van der Waals surface area contributed by atoms with Crippen molar-refractivity contribution in [2.45, 2.75) is 25.3 Å². The molecule has 4 heteroatoms. The number of hydrogen-bond acceptors (Lipinski definition) is 3. The molecule has 3 N–H and O–H groups in total. The number of rotatable bonds is 1. The Morgan fingerprint density at radius 1 is 1.69 bits per heavy atom. The number of aromatic carboxylic acids is 1. The van der Waals surface area contributed by atoms with E-state index in [4.69, 9.17) is 10.8 Å². The fraction of sp³-hybridized carbons (Fsp3) is 0.444. The van der Waals surface area contributed by atoms with E-state index in [1.807, 2.05) is 0 Å². The van der Waals surface area contributed by atoms with Gasteiger partial charge in [-0.3, -0.25) is 0 Å². The Morgan fingerprint density at radius 2 is 2.46 bits per heavy atom. The summed E-state index contributed by atoms with van der Waals surface area (Å²) in [5, 5.41) is 10.6. The zero-order chi connectivity index (χ0) is 9.42. The van der Waals surface area contributed by atoms with Gasteiger partial charge in [-0.05, 0) is 24.8 Å². The summed E-state index contributed by atoms with van der Waals surface area (Å²) in [4.78, 5) is 12.0. The van der Waals surface area contributed by atoms with Gasteiger partial charge in [-0.2, -0.15) is 0 Å². The van der Waals surface area contributed by atoms with E-state index in [1.165, 1.54) is 11.3 Å². The van der Waals surface area contributed by atoms with Gasteiger partial charge >= 0.3 is 5.97 Å². The molecule has 1 aromatic rings. The van der Waals surface area contributed by atoms with Crippen molar-refractivity contribution in [3.05, 3.63) is 21.4 Å². The Bertz CT molecular complexity index is 345. The average Bonchev–Trinajstić information content (AvgIpc) is 2.49. The van der Waals surface area contributed by atoms with Crippen LogP contribution in [-0.2, 0) is 6.42 Å². The van der Waals surface area contributed by atoms with Crippen LogP contribution in [0.1, 0.15) is 39.7 Å². The molecule has 1 unspecified atom stereocenters. The van der Waals surface area contributed by atoms with Crippen molar-refractivity contribution in [1.82, 2.24) is 0 Å². The fourth-order valence-corrected chi connectivity index (χ4v) is 2.94. The first-order chi connectivity index (χ1) is 6.20. The Labute approximate surface area is 80.2 Å². The molecule has 1 heterocycles. The number of carboxylic acids is 1. The number of carboxylic acid groups (broad SMARTS) is 1. The number of carbonyl (C=O) groups is 1. The van der Waals surface area contributed by atoms with Crippen molar-refractivity contribution in [3.8, 4) is 0 Å². The Hall–Kier alpha value is -0.870. The smallest absolute Gasteiger partial charge is 0.336 e. The highest BCUT2D eigenvalue weighted by Gasteiger charge is 2.24. The zero-order valence-electron chi connectivity index (χ0n) is 7.12. The van der Waals surface area contributed by atoms with Crippen LogP contribution in [0.5, 0.6) is 0 Å². The Kier molecular flexibility index (Phi) is 2.09. The molecule has 0 spiro atoms. The molecule has 13 heavy (non-hydrogen) atoms. The van der Waals surface area contributed by atoms with Gasteiger partial charge in [0.25, 0.3) is 0 Å². The molecule has 3 nitrogen and oxygen atoms in total. The lowest BCUT2D eigenvalue weighted by Crippen LogP contribution is -2.18. The lowest BCUT2D eigenvalue weighted by molar-refractivity contribution is 0.0695. The standard InChI is InChI=1S/C9H11NO2S/c10-6-2-1-3-7-8(6)5(4-13-7)9(11)12/h4,6H,1-3,10H2,(H,11,12). The van der Waals surface area contributed by atoms with Crippen LogP contribution >= 0.6 is 11.3 Å². The first-order valence-corrected chi connectivity index (χ1v) is 5.17. The van der Waals surface area contributed by atoms with Crippen LogP contribution < -0.4 is 5.73 Å². The van der Waals surface area contributed by atoms with E-state index < -0.39 is 5.97 Å². The fourth-order valence-electron chi connectivity index (χ4n) is 1.80. The molecule has 0 bridgehead atoms. The van der Waals surface area contributed by atoms with Gasteiger partial charge in [-0.25, -0.2) is 4.79 Å². The molecule has 1 aliphatic rings. The van der Waals surface area contributed by atoms with Gasteiger partial charge in [-0.1, -0.05) is 0 Å². The molecular formula is C9H11NO2S. The van der Waals surface area contributed by atoms with Gasteiger partial charge in [0, 0.05) is 16.3 Å². The molecule has 0 amide bonds. The first-order valence-electron chi connectivity index (χ1n) is 4.29. The zero-order valence-corrected chi connectivity index (χ0v) is 7.93. The lowest BCUT2D eigenvalue weighted by atomic mass is 9.92. The van der Waals surface area contributed by atoms with Crippen molar-refractivity contribution in [3.63, 3.8) is 0 Å². The number of fused-ring (bicyclic) bond motifs is 1. The van der Waals surface area contributed by atoms with E-state index >= 15 is 0 Å². The number of nitrogens with two attached hydrogens (primary N) is 1. The van der Waals surface area contributed by atoms with Gasteiger partial charge in [0.15, 0.2) is 0 Å². The second-order valence-electron chi connectivity index (χ2n) is 3.29. The molecule has 0 saturated heterocycles. The van der Waals surface area contributed by atoms with Crippen LogP contribution in [0.3, 0.4) is 0 Å². The molecule has 0 aliphatic heterocycles. The van der Waals surface area contributed by atoms with Crippen molar-refractivity contribution < 1.29 is 9.90 Å². The van der Waals surface area contributed by atoms with Crippen molar-refractivity contribution in [2.24, 2.45) is 5.73 Å². The molecule has 1 aromatic heterocycles. The minimum Gasteiger partial charge on any atom is -0.478 e. The third-order valence-corrected chi connectivity index (χ3v) is 3.49. The van der Waals surface area contributed by atoms with Gasteiger partial charge < -0.3 is 10.8 Å². The SMILES string of the molecule is NC1CCCc2scc(C(=O)O)c21. The largest absolute Gasteiger partial charge is 0.478 e. The molecule has 2 rings (SSSR count). The summed E-state index contributed by atoms with van der Waals surface area (Å²) in [5.74, 6) is -0.852. The Morgan fingerprint density at radius 3 is 3.15 bits per heavy atom. The van der Waals surface area contributed by atoms with Crippen LogP contribution in [0.4, 0.5) is 0 Å². The molecule has 0 saturated carbocycles. The van der Waals surface area contributed by atoms with Gasteiger partial charge in [-0.15, -0.1) is 11.3 Å². The van der Waals surface area contributed by atoms with Crippen LogP contribution in [0.25, 0.3) is 0 Å². The summed E-state index contributed by atoms with van der Waals surface area (Å²) in [6.45, 7) is 0. The minimum absolute atomic E-state index is 0.0684. The average molecular weight is 197 g/mol. The molecule has 1 atom stereocenters. The van der Waals surface area contributed by atoms with Gasteiger partial charge in [0.2, 0.25) is 0 Å². The van der Waals surface area contributed by atoms with Gasteiger partial charge in [0.1, 0.15) is 0 Å². The van der Waals surface area contributed by atoms with Crippen LogP contribution in [0.2, 0.25) is 0 Å². The first kappa shape index (κ1) is 8.72. The third kappa shape index (κ3) is 1.36. The van der Waals surface area contributed by atoms with E-state index in [0.29, 0.717) is 5.56 Å². The lowest BCUT2D eigenvalue weighted by Gasteiger charge is -2.19. The molecule has 70 valence electrons. The number of aryl methyl sites for hydroxylation is 1. The van der Waals surface area contributed by atoms with Crippen LogP contribution in [0.15, 0.2) is 5.38 Å². The van der Waals surface area contributed by atoms with Crippen molar-refractivity contribution >= 4 is 17.3 Å². The van der Waals surface area contributed by atoms with E-state index in [0.717, 1.165) is 29.7 Å². The van der Waals surface area contributed by atoms with Gasteiger partial charge in [0.05, 0.1) is 5.56 Å². The minimum atomic E-state index is -0.852. The summed E-state index contributed by atoms with van der Waals surface area (Å²) in [7, 11) is 0. The molecular weight excluding hydrogens is 186 g/mol. The highest BCUT2D eigenvalue weighted by Crippen LogP contribution is 2.35. The second kappa shape index (κ2) is 3.12. The maximum Gasteiger partial charge on any atom is 0.336 e. The monoisotopic (exact) mass is 197 g/mol. The summed E-state index contributed by atoms with van der Waals surface area (Å²) in [5.41, 5.74) is 7.16. The number of thiophene rings is 1. The quantitative estimate of drug-likeness (QED) is 0.721. The van der Waals surface area contributed by atoms with E-state index in [9.17, 15) is 4.79 Å². The second-order valence-corrected chi connectivity index (χ2v) is 4.25. The highest BCUT2D eigenvalue weighted by atomic mass is 32.1. The number of hydrogen-bond donors (Lipinski definition) is 2. The summed E-state index contributed by atoms with van der Waals surface area (Å²) >= 11 is 1.52. The van der Waals surface area contributed by atoms with E-state index in [2.05, 4.69) is 0 Å². The summed E-state index contributed by atoms with van der Waals surface area (Å²) in [6.07, 6.45) is 2.97. The normalized spacial score (nSPS) is 21.2. The summed E-state index contributed by atoms with van der Waals surface area (Å²) < 4.78 is 0. The van der Waals surface area contributed by atoms with Crippen molar-refractivity contribution in [2.75, 3.05) is 0 Å². The predicted octanol–water partition coefficient (Wildman–Crippen LogP) is 1.78. The highest BCUT2D eigenvalue weighted by molar-refractivity contribution is 7.10. The Balaban J connectivity index is 2.50. The predicted molar refractivity (Wildman–Crippen MR) is 51.1 cm³/mol. The van der Waals surface area contributed by atoms with Crippen molar-refractivity contribution in [1.29, 1.82) is 0 Å². The molecule has 0 radical (unpaired) electrons. The van der Waals surface area contributed by atoms with Crippen LogP contribution in [-0.4, -0.2) is 11.1 Å². The molecule has 0 fully saturated rings.